The van der Waals surface area contributed by atoms with E-state index in [4.69, 9.17) is 4.52 Å². The van der Waals surface area contributed by atoms with Crippen LogP contribution in [0.25, 0.3) is 0 Å². The van der Waals surface area contributed by atoms with Crippen LogP contribution in [0.1, 0.15) is 36.8 Å². The number of rotatable bonds is 4. The summed E-state index contributed by atoms with van der Waals surface area (Å²) in [5.41, 5.74) is 1.94. The Hall–Kier alpha value is -1.07. The standard InChI is InChI=1S/C14H23N3O2.ClH/c1-10-12(11(2)19-17-10)8-13(18)16-9-14(3)4-6-15-7-5-14;/h15H,4-9H2,1-3H3,(H,16,18);1H. The highest BCUT2D eigenvalue weighted by Gasteiger charge is 2.27. The highest BCUT2D eigenvalue weighted by Crippen LogP contribution is 2.26. The van der Waals surface area contributed by atoms with Crippen molar-refractivity contribution in [1.29, 1.82) is 0 Å². The highest BCUT2D eigenvalue weighted by atomic mass is 35.5. The van der Waals surface area contributed by atoms with Gasteiger partial charge in [-0.3, -0.25) is 4.79 Å². The third-order valence-electron chi connectivity index (χ3n) is 4.04. The molecular formula is C14H24ClN3O2. The van der Waals surface area contributed by atoms with Gasteiger partial charge in [0.25, 0.3) is 0 Å². The van der Waals surface area contributed by atoms with E-state index in [0.29, 0.717) is 6.42 Å². The van der Waals surface area contributed by atoms with Crippen LogP contribution in [0.3, 0.4) is 0 Å². The molecule has 0 aromatic carbocycles. The Morgan fingerprint density at radius 3 is 2.60 bits per heavy atom. The number of nitrogens with one attached hydrogen (secondary N) is 2. The Kier molecular flexibility index (Phi) is 6.02. The number of piperidine rings is 1. The zero-order valence-electron chi connectivity index (χ0n) is 12.4. The fourth-order valence-corrected chi connectivity index (χ4v) is 2.50. The molecule has 1 aromatic heterocycles. The van der Waals surface area contributed by atoms with Crippen LogP contribution in [0.15, 0.2) is 4.52 Å². The maximum absolute atomic E-state index is 12.0. The fraction of sp³-hybridized carbons (Fsp3) is 0.714. The van der Waals surface area contributed by atoms with Gasteiger partial charge in [-0.1, -0.05) is 12.1 Å². The van der Waals surface area contributed by atoms with Crippen molar-refractivity contribution < 1.29 is 9.32 Å². The lowest BCUT2D eigenvalue weighted by atomic mass is 9.81. The Morgan fingerprint density at radius 2 is 2.05 bits per heavy atom. The molecule has 0 atom stereocenters. The number of amides is 1. The first-order valence-electron chi connectivity index (χ1n) is 6.89. The average Bonchev–Trinajstić information content (AvgIpc) is 2.69. The molecule has 0 spiro atoms. The third kappa shape index (κ3) is 4.21. The van der Waals surface area contributed by atoms with Gasteiger partial charge < -0.3 is 15.2 Å². The molecule has 0 unspecified atom stereocenters. The minimum Gasteiger partial charge on any atom is -0.361 e. The van der Waals surface area contributed by atoms with Gasteiger partial charge in [0, 0.05) is 12.1 Å². The maximum Gasteiger partial charge on any atom is 0.224 e. The van der Waals surface area contributed by atoms with Crippen molar-refractivity contribution in [1.82, 2.24) is 15.8 Å². The molecule has 2 heterocycles. The van der Waals surface area contributed by atoms with E-state index in [1.165, 1.54) is 0 Å². The molecule has 1 aromatic rings. The van der Waals surface area contributed by atoms with Gasteiger partial charge >= 0.3 is 0 Å². The van der Waals surface area contributed by atoms with Crippen molar-refractivity contribution in [3.8, 4) is 0 Å². The molecule has 1 fully saturated rings. The fourth-order valence-electron chi connectivity index (χ4n) is 2.50. The van der Waals surface area contributed by atoms with E-state index in [1.807, 2.05) is 13.8 Å². The van der Waals surface area contributed by atoms with Crippen LogP contribution in [0.2, 0.25) is 0 Å². The Balaban J connectivity index is 0.00000200. The van der Waals surface area contributed by atoms with E-state index in [0.717, 1.165) is 49.5 Å². The first kappa shape index (κ1) is 17.0. The Labute approximate surface area is 126 Å². The molecule has 1 amide bonds. The van der Waals surface area contributed by atoms with Crippen LogP contribution in [0.5, 0.6) is 0 Å². The number of hydrogen-bond donors (Lipinski definition) is 2. The van der Waals surface area contributed by atoms with Crippen molar-refractivity contribution in [3.05, 3.63) is 17.0 Å². The second-order valence-corrected chi connectivity index (χ2v) is 5.82. The molecule has 1 aliphatic rings. The first-order valence-corrected chi connectivity index (χ1v) is 6.89. The van der Waals surface area contributed by atoms with Crippen molar-refractivity contribution in [2.45, 2.75) is 40.0 Å². The first-order chi connectivity index (χ1) is 9.00. The van der Waals surface area contributed by atoms with Gasteiger partial charge in [-0.15, -0.1) is 12.4 Å². The zero-order chi connectivity index (χ0) is 13.9. The molecule has 0 bridgehead atoms. The van der Waals surface area contributed by atoms with Crippen LogP contribution in [0, 0.1) is 19.3 Å². The molecule has 6 heteroatoms. The summed E-state index contributed by atoms with van der Waals surface area (Å²) < 4.78 is 5.07. The highest BCUT2D eigenvalue weighted by molar-refractivity contribution is 5.85. The van der Waals surface area contributed by atoms with Gasteiger partial charge in [-0.05, 0) is 45.2 Å². The summed E-state index contributed by atoms with van der Waals surface area (Å²) in [5.74, 6) is 0.787. The largest absolute Gasteiger partial charge is 0.361 e. The number of halogens is 1. The number of nitrogens with zero attached hydrogens (tertiary/aromatic N) is 1. The minimum absolute atomic E-state index is 0. The van der Waals surface area contributed by atoms with Gasteiger partial charge in [0.15, 0.2) is 0 Å². The lowest BCUT2D eigenvalue weighted by molar-refractivity contribution is -0.121. The van der Waals surface area contributed by atoms with Gasteiger partial charge in [-0.25, -0.2) is 0 Å². The van der Waals surface area contributed by atoms with Crippen LogP contribution >= 0.6 is 12.4 Å². The quantitative estimate of drug-likeness (QED) is 0.889. The van der Waals surface area contributed by atoms with Crippen molar-refractivity contribution in [3.63, 3.8) is 0 Å². The summed E-state index contributed by atoms with van der Waals surface area (Å²) in [6, 6.07) is 0. The van der Waals surface area contributed by atoms with E-state index in [9.17, 15) is 4.79 Å². The van der Waals surface area contributed by atoms with Gasteiger partial charge in [0.2, 0.25) is 5.91 Å². The Bertz CT molecular complexity index is 434. The van der Waals surface area contributed by atoms with Gasteiger partial charge in [0.05, 0.1) is 12.1 Å². The predicted molar refractivity (Wildman–Crippen MR) is 80.1 cm³/mol. The van der Waals surface area contributed by atoms with Crippen LogP contribution in [-0.2, 0) is 11.2 Å². The molecule has 5 nitrogen and oxygen atoms in total. The van der Waals surface area contributed by atoms with E-state index >= 15 is 0 Å². The van der Waals surface area contributed by atoms with Crippen LogP contribution in [-0.4, -0.2) is 30.7 Å². The van der Waals surface area contributed by atoms with Crippen molar-refractivity contribution in [2.75, 3.05) is 19.6 Å². The molecule has 1 saturated heterocycles. The second kappa shape index (κ2) is 7.09. The molecule has 0 radical (unpaired) electrons. The minimum atomic E-state index is 0. The lowest BCUT2D eigenvalue weighted by Crippen LogP contribution is -2.43. The lowest BCUT2D eigenvalue weighted by Gasteiger charge is -2.34. The van der Waals surface area contributed by atoms with Crippen LogP contribution in [0.4, 0.5) is 0 Å². The van der Waals surface area contributed by atoms with Crippen molar-refractivity contribution >= 4 is 18.3 Å². The summed E-state index contributed by atoms with van der Waals surface area (Å²) in [7, 11) is 0. The molecule has 0 aliphatic carbocycles. The van der Waals surface area contributed by atoms with E-state index in [-0.39, 0.29) is 23.7 Å². The Morgan fingerprint density at radius 1 is 1.40 bits per heavy atom. The average molecular weight is 302 g/mol. The smallest absolute Gasteiger partial charge is 0.224 e. The zero-order valence-corrected chi connectivity index (χ0v) is 13.2. The monoisotopic (exact) mass is 301 g/mol. The topological polar surface area (TPSA) is 67.2 Å². The molecule has 0 saturated carbocycles. The summed E-state index contributed by atoms with van der Waals surface area (Å²) in [5, 5.41) is 10.3. The summed E-state index contributed by atoms with van der Waals surface area (Å²) >= 11 is 0. The van der Waals surface area contributed by atoms with Gasteiger partial charge in [-0.2, -0.15) is 0 Å². The second-order valence-electron chi connectivity index (χ2n) is 5.82. The summed E-state index contributed by atoms with van der Waals surface area (Å²) in [6.45, 7) is 8.78. The third-order valence-corrected chi connectivity index (χ3v) is 4.04. The number of aromatic nitrogens is 1. The number of carbonyl (C=O) groups is 1. The summed E-state index contributed by atoms with van der Waals surface area (Å²) in [6.07, 6.45) is 2.58. The van der Waals surface area contributed by atoms with E-state index < -0.39 is 0 Å². The maximum atomic E-state index is 12.0. The van der Waals surface area contributed by atoms with E-state index in [2.05, 4.69) is 22.7 Å². The number of aryl methyl sites for hydroxylation is 2. The van der Waals surface area contributed by atoms with Gasteiger partial charge in [0.1, 0.15) is 5.76 Å². The molecule has 114 valence electrons. The molecule has 2 N–H and O–H groups in total. The number of hydrogen-bond acceptors (Lipinski definition) is 4. The normalized spacial score (nSPS) is 17.4. The van der Waals surface area contributed by atoms with Crippen LogP contribution < -0.4 is 10.6 Å². The molecule has 2 rings (SSSR count). The van der Waals surface area contributed by atoms with E-state index in [1.54, 1.807) is 0 Å². The SMILES string of the molecule is Cc1noc(C)c1CC(=O)NCC1(C)CCNCC1.Cl. The summed E-state index contributed by atoms with van der Waals surface area (Å²) in [4.78, 5) is 12.0. The predicted octanol–water partition coefficient (Wildman–Crippen LogP) is 1.76. The number of carbonyl (C=O) groups excluding carboxylic acids is 1. The van der Waals surface area contributed by atoms with Crippen molar-refractivity contribution in [2.24, 2.45) is 5.41 Å². The molecular weight excluding hydrogens is 278 g/mol. The molecule has 20 heavy (non-hydrogen) atoms. The molecule has 1 aliphatic heterocycles.